The van der Waals surface area contributed by atoms with Gasteiger partial charge in [-0.2, -0.15) is 0 Å². The highest BCUT2D eigenvalue weighted by atomic mass is 16.4. The summed E-state index contributed by atoms with van der Waals surface area (Å²) in [6.45, 7) is 7.46. The Labute approximate surface area is 124 Å². The molecule has 1 atom stereocenters. The van der Waals surface area contributed by atoms with Gasteiger partial charge in [0.2, 0.25) is 0 Å². The van der Waals surface area contributed by atoms with Gasteiger partial charge in [0.15, 0.2) is 0 Å². The van der Waals surface area contributed by atoms with E-state index in [-0.39, 0.29) is 0 Å². The second kappa shape index (κ2) is 7.46. The molecule has 4 nitrogen and oxygen atoms in total. The van der Waals surface area contributed by atoms with Crippen LogP contribution in [-0.4, -0.2) is 49.0 Å². The first kappa shape index (κ1) is 17.5. The Balaban J connectivity index is 2.41. The lowest BCUT2D eigenvalue weighted by molar-refractivity contribution is -0.144. The fourth-order valence-electron chi connectivity index (χ4n) is 2.66. The van der Waals surface area contributed by atoms with Crippen molar-refractivity contribution < 1.29 is 9.90 Å². The number of carboxylic acids is 1. The van der Waals surface area contributed by atoms with E-state index in [2.05, 4.69) is 18.7 Å². The van der Waals surface area contributed by atoms with E-state index in [0.717, 1.165) is 32.5 Å². The van der Waals surface area contributed by atoms with Gasteiger partial charge in [0, 0.05) is 6.54 Å². The average molecular weight is 280 g/mol. The Morgan fingerprint density at radius 3 is 2.40 bits per heavy atom. The van der Waals surface area contributed by atoms with Gasteiger partial charge in [0.05, 0.1) is 7.85 Å². The quantitative estimate of drug-likeness (QED) is 0.527. The number of hydrogen-bond donors (Lipinski definition) is 2. The van der Waals surface area contributed by atoms with Gasteiger partial charge in [-0.1, -0.05) is 33.0 Å². The summed E-state index contributed by atoms with van der Waals surface area (Å²) in [5.41, 5.74) is 5.41. The summed E-state index contributed by atoms with van der Waals surface area (Å²) < 4.78 is 0. The van der Waals surface area contributed by atoms with Crippen LogP contribution in [0.15, 0.2) is 0 Å². The lowest BCUT2D eigenvalue weighted by atomic mass is 9.82. The minimum atomic E-state index is -1.10. The molecule has 1 rings (SSSR count). The van der Waals surface area contributed by atoms with Crippen molar-refractivity contribution in [2.45, 2.75) is 64.2 Å². The number of unbranched alkanes of at least 4 members (excludes halogenated alkanes) is 1. The molecule has 1 heterocycles. The van der Waals surface area contributed by atoms with Crippen LogP contribution in [0.25, 0.3) is 0 Å². The molecular formula is C15H29BN2O2. The molecule has 0 bridgehead atoms. The highest BCUT2D eigenvalue weighted by Gasteiger charge is 2.34. The highest BCUT2D eigenvalue weighted by molar-refractivity contribution is 6.08. The molecule has 0 saturated carbocycles. The molecule has 0 aromatic rings. The lowest BCUT2D eigenvalue weighted by Crippen LogP contribution is -2.51. The maximum absolute atomic E-state index is 11.4. The Kier molecular flexibility index (Phi) is 6.53. The average Bonchev–Trinajstić information content (AvgIpc) is 2.37. The number of carboxylic acid groups (broad SMARTS) is 1. The number of piperidine rings is 1. The molecule has 0 aromatic carbocycles. The zero-order valence-electron chi connectivity index (χ0n) is 13.0. The van der Waals surface area contributed by atoms with E-state index in [1.807, 2.05) is 0 Å². The number of nitrogens with two attached hydrogens (primary N) is 1. The van der Waals surface area contributed by atoms with E-state index >= 15 is 0 Å². The van der Waals surface area contributed by atoms with Crippen LogP contribution in [0.2, 0.25) is 6.32 Å². The van der Waals surface area contributed by atoms with Crippen molar-refractivity contribution in [3.05, 3.63) is 0 Å². The van der Waals surface area contributed by atoms with Crippen molar-refractivity contribution in [2.75, 3.05) is 19.6 Å². The van der Waals surface area contributed by atoms with Crippen LogP contribution in [0.3, 0.4) is 0 Å². The molecule has 2 radical (unpaired) electrons. The van der Waals surface area contributed by atoms with Crippen LogP contribution in [-0.2, 0) is 4.79 Å². The SMILES string of the molecule is [B]CCCCC(N)(CCN1CCC(C)(C)CC1)C(=O)O. The van der Waals surface area contributed by atoms with Crippen molar-refractivity contribution in [3.8, 4) is 0 Å². The molecule has 0 aliphatic carbocycles. The third-order valence-corrected chi connectivity index (χ3v) is 4.59. The molecule has 20 heavy (non-hydrogen) atoms. The van der Waals surface area contributed by atoms with Gasteiger partial charge in [0.1, 0.15) is 5.54 Å². The van der Waals surface area contributed by atoms with Crippen molar-refractivity contribution >= 4 is 13.8 Å². The molecular weight excluding hydrogens is 251 g/mol. The largest absolute Gasteiger partial charge is 0.480 e. The van der Waals surface area contributed by atoms with Crippen LogP contribution < -0.4 is 5.73 Å². The molecule has 1 fully saturated rings. The molecule has 5 heteroatoms. The van der Waals surface area contributed by atoms with Crippen molar-refractivity contribution in [3.63, 3.8) is 0 Å². The predicted molar refractivity (Wildman–Crippen MR) is 83.0 cm³/mol. The van der Waals surface area contributed by atoms with Gasteiger partial charge < -0.3 is 15.7 Å². The second-order valence-electron chi connectivity index (χ2n) is 6.96. The summed E-state index contributed by atoms with van der Waals surface area (Å²) in [7, 11) is 5.45. The van der Waals surface area contributed by atoms with E-state index in [0.29, 0.717) is 24.6 Å². The van der Waals surface area contributed by atoms with Gasteiger partial charge in [-0.25, -0.2) is 0 Å². The smallest absolute Gasteiger partial charge is 0.323 e. The molecule has 1 aliphatic rings. The zero-order chi connectivity index (χ0) is 15.2. The summed E-state index contributed by atoms with van der Waals surface area (Å²) in [5.74, 6) is -0.883. The normalized spacial score (nSPS) is 22.4. The third-order valence-electron chi connectivity index (χ3n) is 4.59. The van der Waals surface area contributed by atoms with Crippen molar-refractivity contribution in [1.82, 2.24) is 4.90 Å². The summed E-state index contributed by atoms with van der Waals surface area (Å²) in [6, 6.07) is 0. The zero-order valence-corrected chi connectivity index (χ0v) is 13.0. The Morgan fingerprint density at radius 2 is 1.90 bits per heavy atom. The van der Waals surface area contributed by atoms with E-state index in [9.17, 15) is 9.90 Å². The van der Waals surface area contributed by atoms with Gasteiger partial charge in [-0.15, -0.1) is 0 Å². The Hall–Kier alpha value is -0.545. The maximum atomic E-state index is 11.4. The monoisotopic (exact) mass is 280 g/mol. The summed E-state index contributed by atoms with van der Waals surface area (Å²) in [6.07, 6.45) is 5.59. The number of rotatable bonds is 8. The number of hydrogen-bond acceptors (Lipinski definition) is 3. The first-order valence-corrected chi connectivity index (χ1v) is 7.74. The van der Waals surface area contributed by atoms with Crippen molar-refractivity contribution in [1.29, 1.82) is 0 Å². The number of likely N-dealkylation sites (tertiary alicyclic amines) is 1. The molecule has 1 unspecified atom stereocenters. The van der Waals surface area contributed by atoms with Crippen molar-refractivity contribution in [2.24, 2.45) is 11.1 Å². The minimum absolute atomic E-state index is 0.421. The Bertz CT molecular complexity index is 313. The molecule has 0 aromatic heterocycles. The summed E-state index contributed by atoms with van der Waals surface area (Å²) in [5, 5.41) is 9.37. The summed E-state index contributed by atoms with van der Waals surface area (Å²) >= 11 is 0. The third kappa shape index (κ3) is 5.45. The molecule has 0 amide bonds. The van der Waals surface area contributed by atoms with Gasteiger partial charge in [0.25, 0.3) is 0 Å². The van der Waals surface area contributed by atoms with Crippen LogP contribution in [0.5, 0.6) is 0 Å². The predicted octanol–water partition coefficient (Wildman–Crippen LogP) is 2.04. The maximum Gasteiger partial charge on any atom is 0.323 e. The number of nitrogens with zero attached hydrogens (tertiary/aromatic N) is 1. The van der Waals surface area contributed by atoms with Gasteiger partial charge >= 0.3 is 5.97 Å². The van der Waals surface area contributed by atoms with Crippen LogP contribution >= 0.6 is 0 Å². The lowest BCUT2D eigenvalue weighted by Gasteiger charge is -2.38. The molecule has 0 spiro atoms. The minimum Gasteiger partial charge on any atom is -0.480 e. The van der Waals surface area contributed by atoms with Crippen LogP contribution in [0.4, 0.5) is 0 Å². The summed E-state index contributed by atoms with van der Waals surface area (Å²) in [4.78, 5) is 13.8. The molecule has 114 valence electrons. The standard InChI is InChI=1S/C15H29BN2O2/c1-14(2)6-10-18(11-7-14)12-8-15(17,13(19)20)5-3-4-9-16/h3-12,17H2,1-2H3,(H,19,20). The second-order valence-corrected chi connectivity index (χ2v) is 6.96. The number of aliphatic carboxylic acids is 1. The van der Waals surface area contributed by atoms with Gasteiger partial charge in [-0.3, -0.25) is 4.79 Å². The van der Waals surface area contributed by atoms with E-state index in [4.69, 9.17) is 13.6 Å². The highest BCUT2D eigenvalue weighted by Crippen LogP contribution is 2.30. The fourth-order valence-corrected chi connectivity index (χ4v) is 2.66. The van der Waals surface area contributed by atoms with E-state index < -0.39 is 11.5 Å². The van der Waals surface area contributed by atoms with Crippen LogP contribution in [0.1, 0.15) is 52.4 Å². The topological polar surface area (TPSA) is 66.6 Å². The van der Waals surface area contributed by atoms with E-state index in [1.54, 1.807) is 0 Å². The first-order valence-electron chi connectivity index (χ1n) is 7.74. The Morgan fingerprint density at radius 1 is 1.30 bits per heavy atom. The van der Waals surface area contributed by atoms with E-state index in [1.165, 1.54) is 12.8 Å². The molecule has 1 saturated heterocycles. The molecule has 3 N–H and O–H groups in total. The first-order chi connectivity index (χ1) is 9.29. The van der Waals surface area contributed by atoms with Crippen LogP contribution in [0, 0.1) is 5.41 Å². The fraction of sp³-hybridized carbons (Fsp3) is 0.933. The number of carbonyl (C=O) groups is 1. The van der Waals surface area contributed by atoms with Gasteiger partial charge in [-0.05, 0) is 44.2 Å². The molecule has 1 aliphatic heterocycles.